The number of aryl methyl sites for hydroxylation is 1. The molecule has 0 unspecified atom stereocenters. The molecular formula is C14H22N2O3S. The third-order valence-corrected chi connectivity index (χ3v) is 5.22. The van der Waals surface area contributed by atoms with Crippen LogP contribution in [0, 0.1) is 6.92 Å². The van der Waals surface area contributed by atoms with E-state index in [1.54, 1.807) is 4.90 Å². The molecule has 0 bridgehead atoms. The zero-order chi connectivity index (χ0) is 14.9. The van der Waals surface area contributed by atoms with Crippen LogP contribution in [0.2, 0.25) is 0 Å². The maximum absolute atomic E-state index is 12.5. The van der Waals surface area contributed by atoms with Crippen LogP contribution in [0.25, 0.3) is 0 Å². The second kappa shape index (κ2) is 5.79. The van der Waals surface area contributed by atoms with Crippen LogP contribution in [-0.4, -0.2) is 51.3 Å². The van der Waals surface area contributed by atoms with Crippen molar-refractivity contribution in [3.63, 3.8) is 0 Å². The summed E-state index contributed by atoms with van der Waals surface area (Å²) < 4.78 is 0. The number of carbonyl (C=O) groups is 1. The van der Waals surface area contributed by atoms with Crippen LogP contribution in [0.1, 0.15) is 53.0 Å². The van der Waals surface area contributed by atoms with Gasteiger partial charge in [0, 0.05) is 19.0 Å². The van der Waals surface area contributed by atoms with Gasteiger partial charge in [-0.15, -0.1) is 11.3 Å². The van der Waals surface area contributed by atoms with Gasteiger partial charge in [0.15, 0.2) is 0 Å². The van der Waals surface area contributed by atoms with Gasteiger partial charge in [0.25, 0.3) is 5.91 Å². The predicted octanol–water partition coefficient (Wildman–Crippen LogP) is 1.53. The Morgan fingerprint density at radius 1 is 1.45 bits per heavy atom. The molecule has 1 aliphatic heterocycles. The van der Waals surface area contributed by atoms with Crippen LogP contribution in [0.4, 0.5) is 0 Å². The Morgan fingerprint density at radius 2 is 2.05 bits per heavy atom. The van der Waals surface area contributed by atoms with Gasteiger partial charge in [0.1, 0.15) is 4.88 Å². The van der Waals surface area contributed by atoms with Crippen molar-refractivity contribution in [3.8, 4) is 0 Å². The minimum atomic E-state index is -1.03. The van der Waals surface area contributed by atoms with E-state index in [9.17, 15) is 9.90 Å². The van der Waals surface area contributed by atoms with Crippen LogP contribution in [0.15, 0.2) is 0 Å². The smallest absolute Gasteiger partial charge is 0.265 e. The summed E-state index contributed by atoms with van der Waals surface area (Å²) in [6, 6.07) is 0. The van der Waals surface area contributed by atoms with Gasteiger partial charge in [0.2, 0.25) is 0 Å². The number of likely N-dealkylation sites (tertiary alicyclic amines) is 1. The monoisotopic (exact) mass is 298 g/mol. The van der Waals surface area contributed by atoms with E-state index in [0.29, 0.717) is 36.7 Å². The number of aliphatic hydroxyl groups is 2. The predicted molar refractivity (Wildman–Crippen MR) is 78.1 cm³/mol. The van der Waals surface area contributed by atoms with Crippen molar-refractivity contribution in [1.29, 1.82) is 0 Å². The number of aliphatic hydroxyl groups excluding tert-OH is 1. The number of piperidine rings is 1. The molecule has 5 nitrogen and oxygen atoms in total. The molecule has 1 aliphatic rings. The number of amides is 1. The highest BCUT2D eigenvalue weighted by Gasteiger charge is 2.34. The third-order valence-electron chi connectivity index (χ3n) is 3.78. The standard InChI is InChI=1S/C14H22N2O3S/c1-9(2)12-15-10(3)11(20-12)13(18)16-6-4-14(19,8-17)5-7-16/h9,17,19H,4-8H2,1-3H3. The van der Waals surface area contributed by atoms with E-state index in [2.05, 4.69) is 18.8 Å². The molecule has 20 heavy (non-hydrogen) atoms. The molecule has 0 aliphatic carbocycles. The zero-order valence-electron chi connectivity index (χ0n) is 12.2. The van der Waals surface area contributed by atoms with Gasteiger partial charge in [-0.25, -0.2) is 4.98 Å². The van der Waals surface area contributed by atoms with Crippen LogP contribution in [0.5, 0.6) is 0 Å². The highest BCUT2D eigenvalue weighted by molar-refractivity contribution is 7.13. The van der Waals surface area contributed by atoms with Crippen molar-refractivity contribution in [2.24, 2.45) is 0 Å². The Hall–Kier alpha value is -0.980. The first kappa shape index (κ1) is 15.4. The molecule has 112 valence electrons. The Labute approximate surface area is 123 Å². The summed E-state index contributed by atoms with van der Waals surface area (Å²) in [5.74, 6) is 0.313. The van der Waals surface area contributed by atoms with Crippen molar-refractivity contribution in [1.82, 2.24) is 9.88 Å². The molecule has 0 spiro atoms. The van der Waals surface area contributed by atoms with E-state index < -0.39 is 5.60 Å². The SMILES string of the molecule is Cc1nc(C(C)C)sc1C(=O)N1CCC(O)(CO)CC1. The van der Waals surface area contributed by atoms with Crippen molar-refractivity contribution in [2.45, 2.75) is 45.1 Å². The molecule has 0 aromatic carbocycles. The fourth-order valence-electron chi connectivity index (χ4n) is 2.29. The Kier molecular flexibility index (Phi) is 4.46. The summed E-state index contributed by atoms with van der Waals surface area (Å²) in [6.07, 6.45) is 0.842. The molecule has 1 amide bonds. The summed E-state index contributed by atoms with van der Waals surface area (Å²) in [6.45, 7) is 6.70. The molecule has 2 rings (SSSR count). The average molecular weight is 298 g/mol. The minimum absolute atomic E-state index is 0.00751. The summed E-state index contributed by atoms with van der Waals surface area (Å²) >= 11 is 1.46. The number of nitrogens with zero attached hydrogens (tertiary/aromatic N) is 2. The van der Waals surface area contributed by atoms with Gasteiger partial charge >= 0.3 is 0 Å². The van der Waals surface area contributed by atoms with Crippen molar-refractivity contribution >= 4 is 17.2 Å². The van der Waals surface area contributed by atoms with E-state index in [1.165, 1.54) is 11.3 Å². The number of thiazole rings is 1. The maximum atomic E-state index is 12.5. The minimum Gasteiger partial charge on any atom is -0.393 e. The molecule has 2 N–H and O–H groups in total. The normalized spacial score (nSPS) is 18.6. The largest absolute Gasteiger partial charge is 0.393 e. The number of rotatable bonds is 3. The molecular weight excluding hydrogens is 276 g/mol. The lowest BCUT2D eigenvalue weighted by Crippen LogP contribution is -2.48. The van der Waals surface area contributed by atoms with Gasteiger partial charge in [-0.1, -0.05) is 13.8 Å². The molecule has 1 aromatic heterocycles. The second-order valence-electron chi connectivity index (χ2n) is 5.80. The molecule has 0 atom stereocenters. The lowest BCUT2D eigenvalue weighted by Gasteiger charge is -2.36. The van der Waals surface area contributed by atoms with Crippen LogP contribution in [0.3, 0.4) is 0 Å². The first-order chi connectivity index (χ1) is 9.36. The van der Waals surface area contributed by atoms with Crippen LogP contribution < -0.4 is 0 Å². The Morgan fingerprint density at radius 3 is 2.50 bits per heavy atom. The van der Waals surface area contributed by atoms with Gasteiger partial charge in [0.05, 0.1) is 22.9 Å². The first-order valence-corrected chi connectivity index (χ1v) is 7.78. The topological polar surface area (TPSA) is 73.7 Å². The molecule has 2 heterocycles. The number of carbonyl (C=O) groups excluding carboxylic acids is 1. The van der Waals surface area contributed by atoms with Crippen molar-refractivity contribution in [3.05, 3.63) is 15.6 Å². The summed E-state index contributed by atoms with van der Waals surface area (Å²) in [5, 5.41) is 20.1. The van der Waals surface area contributed by atoms with Gasteiger partial charge in [-0.2, -0.15) is 0 Å². The maximum Gasteiger partial charge on any atom is 0.265 e. The van der Waals surface area contributed by atoms with Crippen LogP contribution in [-0.2, 0) is 0 Å². The van der Waals surface area contributed by atoms with Crippen molar-refractivity contribution in [2.75, 3.05) is 19.7 Å². The lowest BCUT2D eigenvalue weighted by atomic mass is 9.92. The van der Waals surface area contributed by atoms with E-state index in [-0.39, 0.29) is 12.5 Å². The van der Waals surface area contributed by atoms with Gasteiger partial charge in [-0.05, 0) is 19.8 Å². The quantitative estimate of drug-likeness (QED) is 0.887. The number of aromatic nitrogens is 1. The van der Waals surface area contributed by atoms with E-state index >= 15 is 0 Å². The first-order valence-electron chi connectivity index (χ1n) is 6.96. The Bertz CT molecular complexity index is 491. The van der Waals surface area contributed by atoms with Crippen LogP contribution >= 0.6 is 11.3 Å². The molecule has 0 saturated carbocycles. The second-order valence-corrected chi connectivity index (χ2v) is 6.83. The average Bonchev–Trinajstić information content (AvgIpc) is 2.81. The summed E-state index contributed by atoms with van der Waals surface area (Å²) in [7, 11) is 0. The molecule has 6 heteroatoms. The van der Waals surface area contributed by atoms with E-state index in [0.717, 1.165) is 10.7 Å². The highest BCUT2D eigenvalue weighted by Crippen LogP contribution is 2.28. The number of hydrogen-bond acceptors (Lipinski definition) is 5. The van der Waals surface area contributed by atoms with Gasteiger partial charge < -0.3 is 15.1 Å². The summed E-state index contributed by atoms with van der Waals surface area (Å²) in [4.78, 5) is 19.4. The number of hydrogen-bond donors (Lipinski definition) is 2. The molecule has 0 radical (unpaired) electrons. The molecule has 1 saturated heterocycles. The van der Waals surface area contributed by atoms with E-state index in [1.807, 2.05) is 6.92 Å². The highest BCUT2D eigenvalue weighted by atomic mass is 32.1. The Balaban J connectivity index is 2.09. The fraction of sp³-hybridized carbons (Fsp3) is 0.714. The lowest BCUT2D eigenvalue weighted by molar-refractivity contribution is -0.0545. The molecule has 1 aromatic rings. The molecule has 1 fully saturated rings. The zero-order valence-corrected chi connectivity index (χ0v) is 13.0. The van der Waals surface area contributed by atoms with Crippen molar-refractivity contribution < 1.29 is 15.0 Å². The van der Waals surface area contributed by atoms with E-state index in [4.69, 9.17) is 5.11 Å². The summed E-state index contributed by atoms with van der Waals surface area (Å²) in [5.41, 5.74) is -0.241. The third kappa shape index (κ3) is 3.02. The fourth-order valence-corrected chi connectivity index (χ4v) is 3.33. The van der Waals surface area contributed by atoms with Gasteiger partial charge in [-0.3, -0.25) is 4.79 Å².